The third kappa shape index (κ3) is 5.66. The van der Waals surface area contributed by atoms with Crippen molar-refractivity contribution >= 4 is 11.9 Å². The fourth-order valence-electron chi connectivity index (χ4n) is 0.422. The van der Waals surface area contributed by atoms with Crippen molar-refractivity contribution in [2.24, 2.45) is 0 Å². The van der Waals surface area contributed by atoms with E-state index in [1.54, 1.807) is 19.0 Å². The van der Waals surface area contributed by atoms with Crippen LogP contribution in [0.15, 0.2) is 24.4 Å². The van der Waals surface area contributed by atoms with Crippen molar-refractivity contribution in [3.63, 3.8) is 0 Å². The van der Waals surface area contributed by atoms with Gasteiger partial charge in [-0.1, -0.05) is 6.58 Å². The molecule has 0 aromatic rings. The first-order valence-electron chi connectivity index (χ1n) is 3.69. The van der Waals surface area contributed by atoms with Crippen LogP contribution >= 0.6 is 0 Å². The molecule has 0 bridgehead atoms. The lowest BCUT2D eigenvalue weighted by atomic mass is 10.4. The van der Waals surface area contributed by atoms with Crippen molar-refractivity contribution in [1.82, 2.24) is 4.90 Å². The third-order valence-corrected chi connectivity index (χ3v) is 1.05. The van der Waals surface area contributed by atoms with Crippen molar-refractivity contribution in [3.8, 4) is 0 Å². The minimum absolute atomic E-state index is 0.201. The average molecular weight is 183 g/mol. The van der Waals surface area contributed by atoms with E-state index in [4.69, 9.17) is 0 Å². The average Bonchev–Trinajstić information content (AvgIpc) is 2.00. The minimum atomic E-state index is -0.701. The number of rotatable bonds is 3. The molecule has 0 unspecified atom stereocenters. The van der Waals surface area contributed by atoms with Crippen LogP contribution in [0.5, 0.6) is 0 Å². The zero-order valence-electron chi connectivity index (χ0n) is 8.03. The van der Waals surface area contributed by atoms with Gasteiger partial charge in [0, 0.05) is 31.9 Å². The monoisotopic (exact) mass is 183 g/mol. The van der Waals surface area contributed by atoms with Crippen LogP contribution in [0, 0.1) is 0 Å². The molecule has 0 aliphatic rings. The molecule has 0 fully saturated rings. The summed E-state index contributed by atoms with van der Waals surface area (Å²) < 4.78 is 4.37. The SMILES string of the molecule is C=C(C)C(=O)OC(=O)C=CN(C)C. The molecule has 0 atom stereocenters. The van der Waals surface area contributed by atoms with Gasteiger partial charge in [-0.2, -0.15) is 0 Å². The Hall–Kier alpha value is -1.58. The van der Waals surface area contributed by atoms with Crippen molar-refractivity contribution in [1.29, 1.82) is 0 Å². The second-order valence-corrected chi connectivity index (χ2v) is 2.77. The Kier molecular flexibility index (Phi) is 4.51. The highest BCUT2D eigenvalue weighted by molar-refractivity contribution is 5.98. The highest BCUT2D eigenvalue weighted by Gasteiger charge is 2.07. The standard InChI is InChI=1S/C9H13NO3/c1-7(2)9(12)13-8(11)5-6-10(3)4/h5-6H,1H2,2-4H3. The van der Waals surface area contributed by atoms with E-state index < -0.39 is 11.9 Å². The normalized spacial score (nSPS) is 9.77. The van der Waals surface area contributed by atoms with Gasteiger partial charge in [0.25, 0.3) is 0 Å². The Balaban J connectivity index is 4.02. The second-order valence-electron chi connectivity index (χ2n) is 2.77. The highest BCUT2D eigenvalue weighted by atomic mass is 16.6. The van der Waals surface area contributed by atoms with E-state index in [1.807, 2.05) is 0 Å². The van der Waals surface area contributed by atoms with Crippen molar-refractivity contribution < 1.29 is 14.3 Å². The predicted octanol–water partition coefficient (Wildman–Crippen LogP) is 0.708. The van der Waals surface area contributed by atoms with Crippen LogP contribution in [0.4, 0.5) is 0 Å². The van der Waals surface area contributed by atoms with Crippen LogP contribution < -0.4 is 0 Å². The molecule has 72 valence electrons. The minimum Gasteiger partial charge on any atom is -0.386 e. The van der Waals surface area contributed by atoms with Crippen LogP contribution in [0.25, 0.3) is 0 Å². The molecule has 0 rings (SSSR count). The van der Waals surface area contributed by atoms with Gasteiger partial charge in [-0.15, -0.1) is 0 Å². The predicted molar refractivity (Wildman–Crippen MR) is 48.7 cm³/mol. The number of nitrogens with zero attached hydrogens (tertiary/aromatic N) is 1. The summed E-state index contributed by atoms with van der Waals surface area (Å²) in [7, 11) is 3.51. The van der Waals surface area contributed by atoms with Gasteiger partial charge < -0.3 is 9.64 Å². The molecule has 4 nitrogen and oxygen atoms in total. The van der Waals surface area contributed by atoms with E-state index in [0.717, 1.165) is 0 Å². The van der Waals surface area contributed by atoms with Crippen molar-refractivity contribution in [3.05, 3.63) is 24.4 Å². The molecule has 0 aromatic carbocycles. The summed E-state index contributed by atoms with van der Waals surface area (Å²) in [6.45, 7) is 4.82. The lowest BCUT2D eigenvalue weighted by Crippen LogP contribution is -2.11. The number of carbonyl (C=O) groups is 2. The van der Waals surface area contributed by atoms with Crippen LogP contribution in [0.3, 0.4) is 0 Å². The lowest BCUT2D eigenvalue weighted by molar-refractivity contribution is -0.153. The summed E-state index contributed by atoms with van der Waals surface area (Å²) in [5.41, 5.74) is 0.201. The van der Waals surface area contributed by atoms with Gasteiger partial charge in [-0.3, -0.25) is 0 Å². The maximum absolute atomic E-state index is 10.9. The molecule has 0 aromatic heterocycles. The largest absolute Gasteiger partial charge is 0.386 e. The van der Waals surface area contributed by atoms with Crippen molar-refractivity contribution in [2.45, 2.75) is 6.92 Å². The van der Waals surface area contributed by atoms with Crippen LogP contribution in [-0.2, 0) is 14.3 Å². The Labute approximate surface area is 77.5 Å². The smallest absolute Gasteiger partial charge is 0.340 e. The van der Waals surface area contributed by atoms with Gasteiger partial charge in [-0.05, 0) is 6.92 Å². The maximum Gasteiger partial charge on any atom is 0.340 e. The molecule has 0 radical (unpaired) electrons. The Morgan fingerprint density at radius 2 is 1.92 bits per heavy atom. The second kappa shape index (κ2) is 5.13. The topological polar surface area (TPSA) is 46.6 Å². The van der Waals surface area contributed by atoms with Crippen LogP contribution in [0.2, 0.25) is 0 Å². The summed E-state index contributed by atoms with van der Waals surface area (Å²) in [5.74, 6) is -1.39. The molecule has 0 N–H and O–H groups in total. The Bertz CT molecular complexity index is 254. The third-order valence-electron chi connectivity index (χ3n) is 1.05. The molecule has 0 aliphatic heterocycles. The molecule has 0 saturated carbocycles. The number of hydrogen-bond donors (Lipinski definition) is 0. The highest BCUT2D eigenvalue weighted by Crippen LogP contribution is 1.93. The summed E-state index contributed by atoms with van der Waals surface area (Å²) in [6, 6.07) is 0. The molecular weight excluding hydrogens is 170 g/mol. The van der Waals surface area contributed by atoms with E-state index in [2.05, 4.69) is 11.3 Å². The molecular formula is C9H13NO3. The lowest BCUT2D eigenvalue weighted by Gasteiger charge is -2.02. The molecule has 0 saturated heterocycles. The zero-order chi connectivity index (χ0) is 10.4. The Morgan fingerprint density at radius 1 is 1.38 bits per heavy atom. The van der Waals surface area contributed by atoms with Gasteiger partial charge in [-0.25, -0.2) is 9.59 Å². The zero-order valence-corrected chi connectivity index (χ0v) is 8.03. The fourth-order valence-corrected chi connectivity index (χ4v) is 0.422. The van der Waals surface area contributed by atoms with Gasteiger partial charge in [0.1, 0.15) is 0 Å². The van der Waals surface area contributed by atoms with Gasteiger partial charge in [0.15, 0.2) is 0 Å². The van der Waals surface area contributed by atoms with E-state index >= 15 is 0 Å². The first-order chi connectivity index (χ1) is 5.93. The molecule has 0 heterocycles. The summed E-state index contributed by atoms with van der Waals surface area (Å²) >= 11 is 0. The molecule has 0 amide bonds. The van der Waals surface area contributed by atoms with E-state index in [-0.39, 0.29) is 5.57 Å². The number of ether oxygens (including phenoxy) is 1. The van der Waals surface area contributed by atoms with Gasteiger partial charge in [0.2, 0.25) is 0 Å². The van der Waals surface area contributed by atoms with Crippen LogP contribution in [0.1, 0.15) is 6.92 Å². The summed E-state index contributed by atoms with van der Waals surface area (Å²) in [6.07, 6.45) is 2.66. The van der Waals surface area contributed by atoms with E-state index in [9.17, 15) is 9.59 Å². The molecule has 13 heavy (non-hydrogen) atoms. The molecule has 0 aliphatic carbocycles. The molecule has 4 heteroatoms. The Morgan fingerprint density at radius 3 is 2.31 bits per heavy atom. The van der Waals surface area contributed by atoms with Crippen molar-refractivity contribution in [2.75, 3.05) is 14.1 Å². The maximum atomic E-state index is 10.9. The van der Waals surface area contributed by atoms with Gasteiger partial charge >= 0.3 is 11.9 Å². The first kappa shape index (κ1) is 11.4. The van der Waals surface area contributed by atoms with E-state index in [0.29, 0.717) is 0 Å². The first-order valence-corrected chi connectivity index (χ1v) is 3.69. The fraction of sp³-hybridized carbons (Fsp3) is 0.333. The number of esters is 2. The van der Waals surface area contributed by atoms with Gasteiger partial charge in [0.05, 0.1) is 0 Å². The summed E-state index contributed by atoms with van der Waals surface area (Å²) in [5, 5.41) is 0. The quantitative estimate of drug-likeness (QED) is 0.367. The van der Waals surface area contributed by atoms with Crippen LogP contribution in [-0.4, -0.2) is 30.9 Å². The molecule has 0 spiro atoms. The number of carbonyl (C=O) groups excluding carboxylic acids is 2. The van der Waals surface area contributed by atoms with E-state index in [1.165, 1.54) is 19.2 Å². The number of hydrogen-bond acceptors (Lipinski definition) is 4. The summed E-state index contributed by atoms with van der Waals surface area (Å²) in [4.78, 5) is 23.3.